The fourth-order valence-corrected chi connectivity index (χ4v) is 3.47. The largest absolute Gasteiger partial charge is 0.313 e. The Bertz CT molecular complexity index is 726. The average molecular weight is 314 g/mol. The van der Waals surface area contributed by atoms with Crippen LogP contribution in [0.1, 0.15) is 29.1 Å². The van der Waals surface area contributed by atoms with Crippen molar-refractivity contribution >= 4 is 0 Å². The topological polar surface area (TPSA) is 78.8 Å². The van der Waals surface area contributed by atoms with Crippen LogP contribution in [-0.2, 0) is 32.5 Å². The highest BCUT2D eigenvalue weighted by molar-refractivity contribution is 5.19. The minimum absolute atomic E-state index is 0.0108. The first kappa shape index (κ1) is 14.6. The van der Waals surface area contributed by atoms with Gasteiger partial charge in [0.05, 0.1) is 23.4 Å². The van der Waals surface area contributed by atoms with E-state index in [4.69, 9.17) is 5.10 Å². The Balaban J connectivity index is 1.46. The molecule has 2 aliphatic rings. The molecule has 2 N–H and O–H groups in total. The lowest BCUT2D eigenvalue weighted by Gasteiger charge is -2.17. The zero-order valence-corrected chi connectivity index (χ0v) is 13.2. The number of hydrogen-bond acceptors (Lipinski definition) is 5. The summed E-state index contributed by atoms with van der Waals surface area (Å²) in [5, 5.41) is 8.18. The number of aromatic nitrogens is 4. The van der Waals surface area contributed by atoms with Gasteiger partial charge in [-0.15, -0.1) is 0 Å². The predicted octanol–water partition coefficient (Wildman–Crippen LogP) is 0.0605. The van der Waals surface area contributed by atoms with Crippen molar-refractivity contribution < 1.29 is 0 Å². The number of H-pyrrole nitrogens is 1. The van der Waals surface area contributed by atoms with E-state index >= 15 is 0 Å². The number of aromatic amines is 1. The third kappa shape index (κ3) is 3.07. The van der Waals surface area contributed by atoms with Gasteiger partial charge in [-0.25, -0.2) is 4.98 Å². The molecule has 0 atom stereocenters. The van der Waals surface area contributed by atoms with Gasteiger partial charge in [0.2, 0.25) is 0 Å². The summed E-state index contributed by atoms with van der Waals surface area (Å²) < 4.78 is 2.13. The molecule has 0 fully saturated rings. The molecule has 23 heavy (non-hydrogen) atoms. The molecule has 0 aliphatic carbocycles. The molecule has 2 aliphatic heterocycles. The number of hydrogen-bond donors (Lipinski definition) is 2. The van der Waals surface area contributed by atoms with Gasteiger partial charge >= 0.3 is 0 Å². The van der Waals surface area contributed by atoms with Crippen molar-refractivity contribution in [1.29, 1.82) is 0 Å². The lowest BCUT2D eigenvalue weighted by atomic mass is 10.1. The van der Waals surface area contributed by atoms with Crippen LogP contribution in [0.5, 0.6) is 0 Å². The van der Waals surface area contributed by atoms with Gasteiger partial charge in [-0.3, -0.25) is 14.4 Å². The van der Waals surface area contributed by atoms with Gasteiger partial charge < -0.3 is 10.3 Å². The Kier molecular flexibility index (Phi) is 3.97. The molecule has 7 heteroatoms. The smallest absolute Gasteiger partial charge is 0.254 e. The summed E-state index contributed by atoms with van der Waals surface area (Å²) in [5.41, 5.74) is 4.20. The van der Waals surface area contributed by atoms with E-state index in [9.17, 15) is 4.79 Å². The maximum absolute atomic E-state index is 11.9. The minimum Gasteiger partial charge on any atom is -0.313 e. The monoisotopic (exact) mass is 314 g/mol. The fourth-order valence-electron chi connectivity index (χ4n) is 3.47. The molecule has 0 saturated carbocycles. The van der Waals surface area contributed by atoms with Crippen LogP contribution in [0.25, 0.3) is 0 Å². The first-order valence-corrected chi connectivity index (χ1v) is 8.34. The fraction of sp³-hybridized carbons (Fsp3) is 0.562. The number of rotatable bonds is 2. The summed E-state index contributed by atoms with van der Waals surface area (Å²) in [6.45, 7) is 5.59. The molecule has 0 unspecified atom stereocenters. The Morgan fingerprint density at radius 2 is 2.13 bits per heavy atom. The first-order chi connectivity index (χ1) is 11.3. The summed E-state index contributed by atoms with van der Waals surface area (Å²) >= 11 is 0. The second-order valence-corrected chi connectivity index (χ2v) is 6.31. The van der Waals surface area contributed by atoms with Gasteiger partial charge in [-0.1, -0.05) is 0 Å². The minimum atomic E-state index is 0.0108. The van der Waals surface area contributed by atoms with E-state index in [0.717, 1.165) is 75.5 Å². The molecular formula is C16H22N6O. The molecule has 0 bridgehead atoms. The van der Waals surface area contributed by atoms with Gasteiger partial charge in [-0.05, 0) is 25.5 Å². The Morgan fingerprint density at radius 1 is 1.22 bits per heavy atom. The molecule has 0 aromatic carbocycles. The number of nitrogens with one attached hydrogen (secondary N) is 2. The van der Waals surface area contributed by atoms with Crippen molar-refractivity contribution in [2.45, 2.75) is 38.9 Å². The van der Waals surface area contributed by atoms with E-state index in [0.29, 0.717) is 0 Å². The normalized spacial score (nSPS) is 18.8. The second-order valence-electron chi connectivity index (χ2n) is 6.31. The molecule has 4 rings (SSSR count). The summed E-state index contributed by atoms with van der Waals surface area (Å²) in [6.07, 6.45) is 4.22. The van der Waals surface area contributed by atoms with E-state index in [2.05, 4.69) is 30.9 Å². The van der Waals surface area contributed by atoms with Gasteiger partial charge in [-0.2, -0.15) is 5.10 Å². The molecular weight excluding hydrogens is 292 g/mol. The molecule has 2 aromatic heterocycles. The van der Waals surface area contributed by atoms with Crippen LogP contribution in [0.4, 0.5) is 0 Å². The van der Waals surface area contributed by atoms with E-state index in [1.165, 1.54) is 12.0 Å². The highest BCUT2D eigenvalue weighted by Gasteiger charge is 2.19. The quantitative estimate of drug-likeness (QED) is 0.819. The lowest BCUT2D eigenvalue weighted by molar-refractivity contribution is 0.274. The third-order valence-electron chi connectivity index (χ3n) is 4.71. The maximum Gasteiger partial charge on any atom is 0.254 e. The summed E-state index contributed by atoms with van der Waals surface area (Å²) in [6, 6.07) is 2.21. The average Bonchev–Trinajstić information content (AvgIpc) is 2.71. The zero-order chi connectivity index (χ0) is 15.6. The Hall–Kier alpha value is -1.99. The van der Waals surface area contributed by atoms with Crippen LogP contribution in [0.3, 0.4) is 0 Å². The third-order valence-corrected chi connectivity index (χ3v) is 4.71. The highest BCUT2D eigenvalue weighted by atomic mass is 16.1. The van der Waals surface area contributed by atoms with Gasteiger partial charge in [0.25, 0.3) is 5.56 Å². The lowest BCUT2D eigenvalue weighted by Crippen LogP contribution is -2.26. The standard InChI is InChI=1S/C16H22N6O/c23-16-14-2-6-21(7-3-15(14)18-11-19-16)10-12-8-13-9-17-4-1-5-22(13)20-12/h8,11,17H,1-7,9-10H2,(H,18,19,23). The van der Waals surface area contributed by atoms with Gasteiger partial charge in [0.15, 0.2) is 0 Å². The van der Waals surface area contributed by atoms with Crippen LogP contribution in [0, 0.1) is 0 Å². The molecule has 0 radical (unpaired) electrons. The van der Waals surface area contributed by atoms with Crippen LogP contribution in [0.15, 0.2) is 17.2 Å². The Morgan fingerprint density at radius 3 is 3.09 bits per heavy atom. The predicted molar refractivity (Wildman–Crippen MR) is 86.1 cm³/mol. The van der Waals surface area contributed by atoms with Crippen LogP contribution in [0.2, 0.25) is 0 Å². The van der Waals surface area contributed by atoms with Crippen molar-refractivity contribution in [3.63, 3.8) is 0 Å². The molecule has 0 spiro atoms. The molecule has 4 heterocycles. The summed E-state index contributed by atoms with van der Waals surface area (Å²) in [7, 11) is 0. The first-order valence-electron chi connectivity index (χ1n) is 8.34. The van der Waals surface area contributed by atoms with E-state index < -0.39 is 0 Å². The second kappa shape index (κ2) is 6.25. The van der Waals surface area contributed by atoms with Crippen LogP contribution >= 0.6 is 0 Å². The molecule has 2 aromatic rings. The van der Waals surface area contributed by atoms with Crippen molar-refractivity contribution in [1.82, 2.24) is 30.0 Å². The summed E-state index contributed by atoms with van der Waals surface area (Å²) in [5.74, 6) is 0. The van der Waals surface area contributed by atoms with Gasteiger partial charge in [0.1, 0.15) is 0 Å². The molecule has 122 valence electrons. The molecule has 0 saturated heterocycles. The van der Waals surface area contributed by atoms with E-state index in [-0.39, 0.29) is 5.56 Å². The number of aryl methyl sites for hydroxylation is 1. The maximum atomic E-state index is 11.9. The van der Waals surface area contributed by atoms with Crippen LogP contribution in [-0.4, -0.2) is 44.3 Å². The number of nitrogens with zero attached hydrogens (tertiary/aromatic N) is 4. The molecule has 7 nitrogen and oxygen atoms in total. The van der Waals surface area contributed by atoms with Crippen molar-refractivity contribution in [2.24, 2.45) is 0 Å². The summed E-state index contributed by atoms with van der Waals surface area (Å²) in [4.78, 5) is 21.3. The van der Waals surface area contributed by atoms with E-state index in [1.54, 1.807) is 0 Å². The highest BCUT2D eigenvalue weighted by Crippen LogP contribution is 2.14. The van der Waals surface area contributed by atoms with Crippen molar-refractivity contribution in [3.05, 3.63) is 45.4 Å². The Labute approximate surface area is 134 Å². The SMILES string of the molecule is O=c1[nH]cnc2c1CCN(Cc1cc3n(n1)CCCNC3)CC2. The van der Waals surface area contributed by atoms with E-state index in [1.807, 2.05) is 0 Å². The molecule has 0 amide bonds. The zero-order valence-electron chi connectivity index (χ0n) is 13.2. The van der Waals surface area contributed by atoms with Crippen molar-refractivity contribution in [3.8, 4) is 0 Å². The number of fused-ring (bicyclic) bond motifs is 2. The van der Waals surface area contributed by atoms with Crippen LogP contribution < -0.4 is 10.9 Å². The van der Waals surface area contributed by atoms with Gasteiger partial charge in [0, 0.05) is 44.7 Å². The van der Waals surface area contributed by atoms with Crippen molar-refractivity contribution in [2.75, 3.05) is 19.6 Å².